The number of carbonyl (C=O) groups excluding carboxylic acids is 1. The van der Waals surface area contributed by atoms with Crippen molar-refractivity contribution < 1.29 is 19.0 Å². The number of hydrogen-bond donors (Lipinski definition) is 0. The van der Waals surface area contributed by atoms with Crippen molar-refractivity contribution in [3.63, 3.8) is 0 Å². The topological polar surface area (TPSA) is 51.2 Å². The quantitative estimate of drug-likeness (QED) is 0.333. The number of nitrogens with zero attached hydrogens (tertiary/aromatic N) is 2. The fourth-order valence-corrected chi connectivity index (χ4v) is 2.94. The molecule has 0 aromatic heterocycles. The van der Waals surface area contributed by atoms with Crippen LogP contribution in [-0.4, -0.2) is 74.9 Å². The minimum atomic E-state index is -1.00. The smallest absolute Gasteiger partial charge is 0.255 e. The molecule has 1 aliphatic heterocycles. The number of terminal acetylenes is 1. The summed E-state index contributed by atoms with van der Waals surface area (Å²) in [6, 6.07) is 7.87. The molecule has 27 heavy (non-hydrogen) atoms. The first kappa shape index (κ1) is 21.6. The largest absolute Gasteiger partial charge is 0.491 e. The fourth-order valence-electron chi connectivity index (χ4n) is 2.66. The molecule has 0 unspecified atom stereocenters. The fraction of sp³-hybridized carbons (Fsp3) is 0.526. The molecular weight excluding hydrogens is 391 g/mol. The molecule has 2 rings (SSSR count). The molecule has 0 radical (unpaired) electrons. The van der Waals surface area contributed by atoms with Crippen molar-refractivity contribution in [1.29, 1.82) is 0 Å². The second kappa shape index (κ2) is 11.9. The number of hydrogen-bond acceptors (Lipinski definition) is 5. The van der Waals surface area contributed by atoms with Crippen molar-refractivity contribution in [3.05, 3.63) is 24.3 Å². The molecule has 1 saturated heterocycles. The van der Waals surface area contributed by atoms with Gasteiger partial charge in [-0.15, -0.1) is 6.42 Å². The van der Waals surface area contributed by atoms with Gasteiger partial charge in [0, 0.05) is 37.9 Å². The van der Waals surface area contributed by atoms with Crippen LogP contribution in [0.2, 0.25) is 0 Å². The Morgan fingerprint density at radius 3 is 2.52 bits per heavy atom. The number of rotatable bonds is 10. The van der Waals surface area contributed by atoms with Crippen molar-refractivity contribution in [1.82, 2.24) is 4.90 Å². The number of benzene rings is 1. The third kappa shape index (κ3) is 7.47. The van der Waals surface area contributed by atoms with Crippen molar-refractivity contribution in [2.24, 2.45) is 0 Å². The lowest BCUT2D eigenvalue weighted by atomic mass is 10.2. The van der Waals surface area contributed by atoms with Gasteiger partial charge in [-0.1, -0.05) is 35.2 Å². The van der Waals surface area contributed by atoms with Crippen LogP contribution in [0.5, 0.6) is 5.75 Å². The predicted molar refractivity (Wildman–Crippen MR) is 107 cm³/mol. The standard InChI is InChI=1S/C19H24Cl2N2O4/c1-2-10-25-11-12-26-13-14-27-17-5-3-4-16(15-17)22-6-8-23(9-7-22)19(24)18(20)21/h1,3-5,15,18H,6-14H2. The summed E-state index contributed by atoms with van der Waals surface area (Å²) in [5.41, 5.74) is 1.05. The van der Waals surface area contributed by atoms with Crippen molar-refractivity contribution in [2.75, 3.05) is 64.1 Å². The van der Waals surface area contributed by atoms with E-state index in [4.69, 9.17) is 43.8 Å². The molecule has 6 nitrogen and oxygen atoms in total. The van der Waals surface area contributed by atoms with Crippen LogP contribution in [0.3, 0.4) is 0 Å². The highest BCUT2D eigenvalue weighted by atomic mass is 35.5. The zero-order valence-corrected chi connectivity index (χ0v) is 16.6. The van der Waals surface area contributed by atoms with Crippen LogP contribution < -0.4 is 9.64 Å². The van der Waals surface area contributed by atoms with Gasteiger partial charge in [0.05, 0.1) is 19.8 Å². The number of ether oxygens (including phenoxy) is 3. The van der Waals surface area contributed by atoms with Crippen LogP contribution in [0.15, 0.2) is 24.3 Å². The highest BCUT2D eigenvalue weighted by molar-refractivity contribution is 6.53. The number of carbonyl (C=O) groups is 1. The Bertz CT molecular complexity index is 628. The molecule has 1 aliphatic rings. The molecule has 0 atom stereocenters. The molecule has 1 fully saturated rings. The second-order valence-corrected chi connectivity index (χ2v) is 6.92. The molecule has 1 aromatic rings. The first-order valence-corrected chi connectivity index (χ1v) is 9.63. The lowest BCUT2D eigenvalue weighted by Crippen LogP contribution is -2.50. The van der Waals surface area contributed by atoms with E-state index < -0.39 is 4.84 Å². The summed E-state index contributed by atoms with van der Waals surface area (Å²) in [5.74, 6) is 2.94. The Morgan fingerprint density at radius 2 is 1.81 bits per heavy atom. The lowest BCUT2D eigenvalue weighted by molar-refractivity contribution is -0.129. The van der Waals surface area contributed by atoms with E-state index in [1.54, 1.807) is 4.90 Å². The first-order chi connectivity index (χ1) is 13.1. The van der Waals surface area contributed by atoms with Gasteiger partial charge in [-0.2, -0.15) is 0 Å². The Morgan fingerprint density at radius 1 is 1.11 bits per heavy atom. The van der Waals surface area contributed by atoms with E-state index in [1.807, 2.05) is 24.3 Å². The molecule has 8 heteroatoms. The Kier molecular flexibility index (Phi) is 9.57. The van der Waals surface area contributed by atoms with E-state index in [-0.39, 0.29) is 5.91 Å². The molecule has 1 aromatic carbocycles. The Hall–Kier alpha value is -1.65. The molecule has 1 heterocycles. The number of alkyl halides is 2. The van der Waals surface area contributed by atoms with Crippen LogP contribution >= 0.6 is 23.2 Å². The number of halogens is 2. The van der Waals surface area contributed by atoms with E-state index in [9.17, 15) is 4.79 Å². The van der Waals surface area contributed by atoms with Gasteiger partial charge in [0.15, 0.2) is 4.84 Å². The normalized spacial score (nSPS) is 14.3. The maximum absolute atomic E-state index is 11.8. The molecule has 0 N–H and O–H groups in total. The minimum absolute atomic E-state index is 0.236. The average Bonchev–Trinajstić information content (AvgIpc) is 2.69. The van der Waals surface area contributed by atoms with Gasteiger partial charge >= 0.3 is 0 Å². The molecule has 0 bridgehead atoms. The van der Waals surface area contributed by atoms with Crippen LogP contribution in [0.1, 0.15) is 0 Å². The lowest BCUT2D eigenvalue weighted by Gasteiger charge is -2.36. The van der Waals surface area contributed by atoms with Gasteiger partial charge < -0.3 is 24.0 Å². The summed E-state index contributed by atoms with van der Waals surface area (Å²) in [4.78, 5) is 14.7. The van der Waals surface area contributed by atoms with Crippen molar-refractivity contribution in [2.45, 2.75) is 4.84 Å². The number of anilines is 1. The van der Waals surface area contributed by atoms with Gasteiger partial charge in [-0.25, -0.2) is 0 Å². The third-order valence-corrected chi connectivity index (χ3v) is 4.39. The van der Waals surface area contributed by atoms with Crippen LogP contribution in [0.25, 0.3) is 0 Å². The monoisotopic (exact) mass is 414 g/mol. The molecule has 0 spiro atoms. The maximum atomic E-state index is 11.8. The minimum Gasteiger partial charge on any atom is -0.491 e. The molecule has 0 saturated carbocycles. The van der Waals surface area contributed by atoms with Gasteiger partial charge in [-0.05, 0) is 12.1 Å². The predicted octanol–water partition coefficient (Wildman–Crippen LogP) is 2.18. The SMILES string of the molecule is C#CCOCCOCCOc1cccc(N2CCN(C(=O)C(Cl)Cl)CC2)c1. The highest BCUT2D eigenvalue weighted by Crippen LogP contribution is 2.23. The van der Waals surface area contributed by atoms with E-state index in [2.05, 4.69) is 10.8 Å². The summed E-state index contributed by atoms with van der Waals surface area (Å²) < 4.78 is 16.3. The Balaban J connectivity index is 1.71. The van der Waals surface area contributed by atoms with E-state index >= 15 is 0 Å². The second-order valence-electron chi connectivity index (χ2n) is 5.83. The third-order valence-electron chi connectivity index (χ3n) is 4.01. The molecule has 148 valence electrons. The van der Waals surface area contributed by atoms with Crippen LogP contribution in [-0.2, 0) is 14.3 Å². The maximum Gasteiger partial charge on any atom is 0.255 e. The summed E-state index contributed by atoms with van der Waals surface area (Å²) in [6.07, 6.45) is 5.09. The molecular formula is C19H24Cl2N2O4. The van der Waals surface area contributed by atoms with Crippen LogP contribution in [0, 0.1) is 12.3 Å². The summed E-state index contributed by atoms with van der Waals surface area (Å²) >= 11 is 11.3. The van der Waals surface area contributed by atoms with Crippen molar-refractivity contribution in [3.8, 4) is 18.1 Å². The van der Waals surface area contributed by atoms with Gasteiger partial charge in [-0.3, -0.25) is 4.79 Å². The number of piperazine rings is 1. The van der Waals surface area contributed by atoms with Gasteiger partial charge in [0.2, 0.25) is 0 Å². The summed E-state index contributed by atoms with van der Waals surface area (Å²) in [5, 5.41) is 0. The zero-order chi connectivity index (χ0) is 19.5. The molecule has 0 aliphatic carbocycles. The summed E-state index contributed by atoms with van der Waals surface area (Å²) in [6.45, 7) is 4.81. The van der Waals surface area contributed by atoms with Crippen LogP contribution in [0.4, 0.5) is 5.69 Å². The van der Waals surface area contributed by atoms with E-state index in [0.717, 1.165) is 24.5 Å². The average molecular weight is 415 g/mol. The Labute approximate surface area is 170 Å². The van der Waals surface area contributed by atoms with Crippen molar-refractivity contribution >= 4 is 34.8 Å². The summed E-state index contributed by atoms with van der Waals surface area (Å²) in [7, 11) is 0. The van der Waals surface area contributed by atoms with Gasteiger partial charge in [0.25, 0.3) is 5.91 Å². The molecule has 1 amide bonds. The van der Waals surface area contributed by atoms with Gasteiger partial charge in [0.1, 0.15) is 19.0 Å². The first-order valence-electron chi connectivity index (χ1n) is 8.75. The zero-order valence-electron chi connectivity index (χ0n) is 15.1. The number of amides is 1. The highest BCUT2D eigenvalue weighted by Gasteiger charge is 2.25. The van der Waals surface area contributed by atoms with E-state index in [0.29, 0.717) is 46.1 Å². The van der Waals surface area contributed by atoms with E-state index in [1.165, 1.54) is 0 Å².